The third kappa shape index (κ3) is 4.17. The van der Waals surface area contributed by atoms with Gasteiger partial charge in [-0.05, 0) is 37.6 Å². The van der Waals surface area contributed by atoms with Gasteiger partial charge in [0.15, 0.2) is 28.5 Å². The summed E-state index contributed by atoms with van der Waals surface area (Å²) >= 11 is 0. The lowest BCUT2D eigenvalue weighted by molar-refractivity contribution is -0.142. The van der Waals surface area contributed by atoms with Gasteiger partial charge in [0.25, 0.3) is 5.91 Å². The third-order valence-electron chi connectivity index (χ3n) is 4.62. The number of rotatable bonds is 6. The topological polar surface area (TPSA) is 77.8 Å². The van der Waals surface area contributed by atoms with Crippen molar-refractivity contribution in [3.8, 4) is 22.8 Å². The highest BCUT2D eigenvalue weighted by atomic mass is 19.4. The summed E-state index contributed by atoms with van der Waals surface area (Å²) in [7, 11) is 2.89. The summed E-state index contributed by atoms with van der Waals surface area (Å²) in [6, 6.07) is 6.67. The molecule has 0 fully saturated rings. The maximum Gasteiger partial charge on any atom is 0.433 e. The number of carbonyl (C=O) groups is 1. The molecule has 0 saturated carbocycles. The number of nitrogens with one attached hydrogen (secondary N) is 1. The van der Waals surface area contributed by atoms with Crippen molar-refractivity contribution >= 4 is 11.6 Å². The summed E-state index contributed by atoms with van der Waals surface area (Å²) < 4.78 is 52.2. The number of aromatic nitrogens is 3. The Bertz CT molecular complexity index is 1080. The van der Waals surface area contributed by atoms with Gasteiger partial charge < -0.3 is 14.8 Å². The highest BCUT2D eigenvalue weighted by molar-refractivity contribution is 5.93. The van der Waals surface area contributed by atoms with Gasteiger partial charge in [-0.2, -0.15) is 18.3 Å². The van der Waals surface area contributed by atoms with Crippen LogP contribution in [0.1, 0.15) is 36.5 Å². The van der Waals surface area contributed by atoms with Crippen molar-refractivity contribution in [1.29, 1.82) is 0 Å². The van der Waals surface area contributed by atoms with Gasteiger partial charge in [-0.1, -0.05) is 6.92 Å². The first-order valence-corrected chi connectivity index (χ1v) is 9.19. The molecule has 3 rings (SSSR count). The second kappa shape index (κ2) is 8.21. The van der Waals surface area contributed by atoms with E-state index in [1.165, 1.54) is 26.4 Å². The molecule has 0 spiro atoms. The molecule has 7 nitrogen and oxygen atoms in total. The Hall–Kier alpha value is -3.30. The molecule has 3 aromatic rings. The molecule has 10 heteroatoms. The first-order chi connectivity index (χ1) is 14.2. The maximum atomic E-state index is 13.7. The molecule has 2 heterocycles. The van der Waals surface area contributed by atoms with Crippen LogP contribution >= 0.6 is 0 Å². The zero-order chi connectivity index (χ0) is 22.1. The van der Waals surface area contributed by atoms with Crippen molar-refractivity contribution in [3.05, 3.63) is 41.7 Å². The molecule has 30 heavy (non-hydrogen) atoms. The fraction of sp³-hybridized carbons (Fsp3) is 0.350. The van der Waals surface area contributed by atoms with Crippen molar-refractivity contribution in [3.63, 3.8) is 0 Å². The van der Waals surface area contributed by atoms with Crippen LogP contribution < -0.4 is 14.8 Å². The van der Waals surface area contributed by atoms with Crippen LogP contribution in [0.2, 0.25) is 0 Å². The van der Waals surface area contributed by atoms with Crippen LogP contribution in [0.4, 0.5) is 13.2 Å². The second-order valence-corrected chi connectivity index (χ2v) is 6.68. The highest BCUT2D eigenvalue weighted by Crippen LogP contribution is 2.35. The van der Waals surface area contributed by atoms with Crippen LogP contribution in [-0.4, -0.2) is 40.8 Å². The highest BCUT2D eigenvalue weighted by Gasteiger charge is 2.35. The quantitative estimate of drug-likeness (QED) is 0.651. The van der Waals surface area contributed by atoms with Crippen molar-refractivity contribution in [1.82, 2.24) is 19.9 Å². The number of amides is 1. The van der Waals surface area contributed by atoms with Crippen LogP contribution in [0.15, 0.2) is 30.3 Å². The molecule has 0 aliphatic heterocycles. The van der Waals surface area contributed by atoms with E-state index in [9.17, 15) is 18.0 Å². The summed E-state index contributed by atoms with van der Waals surface area (Å²) in [5, 5.41) is 6.52. The molecule has 1 N–H and O–H groups in total. The molecule has 0 radical (unpaired) electrons. The lowest BCUT2D eigenvalue weighted by atomic mass is 10.1. The average molecular weight is 422 g/mol. The second-order valence-electron chi connectivity index (χ2n) is 6.68. The summed E-state index contributed by atoms with van der Waals surface area (Å²) in [6.45, 7) is 3.68. The largest absolute Gasteiger partial charge is 0.493 e. The number of hydrogen-bond acceptors (Lipinski definition) is 5. The number of benzene rings is 1. The number of alkyl halides is 3. The predicted octanol–water partition coefficient (Wildman–Crippen LogP) is 3.96. The first-order valence-electron chi connectivity index (χ1n) is 9.19. The SMILES string of the molecule is CCC(C)NC(=O)c1cc2nc(-c3ccc(OC)c(OC)c3)cc(C(F)(F)F)n2n1. The van der Waals surface area contributed by atoms with E-state index in [0.717, 1.165) is 6.07 Å². The molecular formula is C20H21F3N4O3. The van der Waals surface area contributed by atoms with E-state index >= 15 is 0 Å². The minimum Gasteiger partial charge on any atom is -0.493 e. The van der Waals surface area contributed by atoms with Gasteiger partial charge in [-0.25, -0.2) is 9.50 Å². The van der Waals surface area contributed by atoms with Crippen LogP contribution in [-0.2, 0) is 6.18 Å². The molecule has 2 aromatic heterocycles. The molecule has 1 atom stereocenters. The van der Waals surface area contributed by atoms with E-state index < -0.39 is 17.8 Å². The zero-order valence-corrected chi connectivity index (χ0v) is 16.9. The van der Waals surface area contributed by atoms with Crippen LogP contribution in [0.3, 0.4) is 0 Å². The van der Waals surface area contributed by atoms with E-state index in [0.29, 0.717) is 28.0 Å². The van der Waals surface area contributed by atoms with Gasteiger partial charge in [0.1, 0.15) is 0 Å². The minimum absolute atomic E-state index is 0.0598. The molecular weight excluding hydrogens is 401 g/mol. The minimum atomic E-state index is -4.71. The molecule has 1 amide bonds. The molecule has 0 saturated heterocycles. The fourth-order valence-electron chi connectivity index (χ4n) is 2.83. The molecule has 1 unspecified atom stereocenters. The van der Waals surface area contributed by atoms with Gasteiger partial charge in [0, 0.05) is 17.7 Å². The third-order valence-corrected chi connectivity index (χ3v) is 4.62. The monoisotopic (exact) mass is 422 g/mol. The summed E-state index contributed by atoms with van der Waals surface area (Å²) in [4.78, 5) is 16.6. The van der Waals surface area contributed by atoms with E-state index in [1.54, 1.807) is 19.1 Å². The Morgan fingerprint density at radius 3 is 2.47 bits per heavy atom. The number of nitrogens with zero attached hydrogens (tertiary/aromatic N) is 3. The van der Waals surface area contributed by atoms with Crippen LogP contribution in [0.5, 0.6) is 11.5 Å². The maximum absolute atomic E-state index is 13.7. The molecule has 0 bridgehead atoms. The van der Waals surface area contributed by atoms with Crippen molar-refractivity contribution < 1.29 is 27.4 Å². The van der Waals surface area contributed by atoms with Gasteiger partial charge >= 0.3 is 6.18 Å². The Morgan fingerprint density at radius 1 is 1.17 bits per heavy atom. The number of ether oxygens (including phenoxy) is 2. The summed E-state index contributed by atoms with van der Waals surface area (Å²) in [5.41, 5.74) is -0.821. The standard InChI is InChI=1S/C20H21F3N4O3/c1-5-11(2)24-19(28)14-10-18-25-13(9-17(20(21,22)23)27(18)26-14)12-6-7-15(29-3)16(8-12)30-4/h6-11H,5H2,1-4H3,(H,24,28). The normalized spacial score (nSPS) is 12.6. The lowest BCUT2D eigenvalue weighted by Crippen LogP contribution is -2.32. The Balaban J connectivity index is 2.15. The van der Waals surface area contributed by atoms with E-state index in [4.69, 9.17) is 9.47 Å². The Morgan fingerprint density at radius 2 is 1.87 bits per heavy atom. The zero-order valence-electron chi connectivity index (χ0n) is 16.9. The van der Waals surface area contributed by atoms with Crippen LogP contribution in [0.25, 0.3) is 16.9 Å². The Kier molecular flexibility index (Phi) is 5.86. The first kappa shape index (κ1) is 21.4. The van der Waals surface area contributed by atoms with Gasteiger partial charge in [-0.15, -0.1) is 0 Å². The van der Waals surface area contributed by atoms with Gasteiger partial charge in [0.2, 0.25) is 0 Å². The number of carbonyl (C=O) groups excluding carboxylic acids is 1. The number of methoxy groups -OCH3 is 2. The smallest absolute Gasteiger partial charge is 0.433 e. The van der Waals surface area contributed by atoms with Gasteiger partial charge in [0.05, 0.1) is 19.9 Å². The molecule has 160 valence electrons. The summed E-state index contributed by atoms with van der Waals surface area (Å²) in [5.74, 6) is 0.231. The van der Waals surface area contributed by atoms with E-state index in [-0.39, 0.29) is 23.1 Å². The fourth-order valence-corrected chi connectivity index (χ4v) is 2.83. The van der Waals surface area contributed by atoms with Crippen molar-refractivity contribution in [2.75, 3.05) is 14.2 Å². The van der Waals surface area contributed by atoms with E-state index in [2.05, 4.69) is 15.4 Å². The average Bonchev–Trinajstić information content (AvgIpc) is 3.15. The predicted molar refractivity (Wildman–Crippen MR) is 104 cm³/mol. The number of halogens is 3. The van der Waals surface area contributed by atoms with Crippen LogP contribution in [0, 0.1) is 0 Å². The van der Waals surface area contributed by atoms with Gasteiger partial charge in [-0.3, -0.25) is 4.79 Å². The number of hydrogen-bond donors (Lipinski definition) is 1. The Labute approximate surface area is 170 Å². The molecule has 0 aliphatic rings. The molecule has 1 aromatic carbocycles. The lowest BCUT2D eigenvalue weighted by Gasteiger charge is -2.12. The summed E-state index contributed by atoms with van der Waals surface area (Å²) in [6.07, 6.45) is -4.03. The van der Waals surface area contributed by atoms with Crippen molar-refractivity contribution in [2.45, 2.75) is 32.5 Å². The van der Waals surface area contributed by atoms with Crippen molar-refractivity contribution in [2.24, 2.45) is 0 Å². The molecule has 0 aliphatic carbocycles. The number of fused-ring (bicyclic) bond motifs is 1. The van der Waals surface area contributed by atoms with E-state index in [1.807, 2.05) is 6.92 Å².